The highest BCUT2D eigenvalue weighted by molar-refractivity contribution is 5.85. The van der Waals surface area contributed by atoms with E-state index in [0.717, 1.165) is 11.8 Å². The van der Waals surface area contributed by atoms with Crippen molar-refractivity contribution in [2.45, 2.75) is 19.3 Å². The maximum Gasteiger partial charge on any atom is 0.0974 e. The third-order valence-electron chi connectivity index (χ3n) is 2.75. The van der Waals surface area contributed by atoms with Gasteiger partial charge in [-0.05, 0) is 30.2 Å². The van der Waals surface area contributed by atoms with Crippen LogP contribution in [0.3, 0.4) is 0 Å². The summed E-state index contributed by atoms with van der Waals surface area (Å²) in [7, 11) is 0. The standard InChI is InChI=1S/C12H10N/c1-2-5-10-9(4-1)8-13-12-7-3-6-11(10)12/h1-2,4-5H,3,6-7H2. The van der Waals surface area contributed by atoms with Crippen molar-refractivity contribution in [3.63, 3.8) is 0 Å². The van der Waals surface area contributed by atoms with Gasteiger partial charge in [0.2, 0.25) is 0 Å². The van der Waals surface area contributed by atoms with Crippen LogP contribution in [0.1, 0.15) is 17.7 Å². The van der Waals surface area contributed by atoms with Gasteiger partial charge in [-0.1, -0.05) is 24.3 Å². The average Bonchev–Trinajstić information content (AvgIpc) is 2.65. The van der Waals surface area contributed by atoms with E-state index in [1.165, 1.54) is 29.5 Å². The Morgan fingerprint density at radius 2 is 2.08 bits per heavy atom. The van der Waals surface area contributed by atoms with Crippen molar-refractivity contribution in [3.8, 4) is 0 Å². The Bertz CT molecular complexity index is 460. The molecule has 0 fully saturated rings. The van der Waals surface area contributed by atoms with Crippen LogP contribution in [0.2, 0.25) is 0 Å². The number of aromatic nitrogens is 1. The monoisotopic (exact) mass is 168 g/mol. The number of hydrogen-bond acceptors (Lipinski definition) is 1. The van der Waals surface area contributed by atoms with Gasteiger partial charge in [0.25, 0.3) is 0 Å². The van der Waals surface area contributed by atoms with Gasteiger partial charge in [0, 0.05) is 11.1 Å². The molecule has 13 heavy (non-hydrogen) atoms. The first-order valence-electron chi connectivity index (χ1n) is 4.73. The molecule has 0 aliphatic heterocycles. The summed E-state index contributed by atoms with van der Waals surface area (Å²) in [6.45, 7) is 0. The molecule has 0 unspecified atom stereocenters. The molecule has 0 spiro atoms. The lowest BCUT2D eigenvalue weighted by Gasteiger charge is -2.02. The summed E-state index contributed by atoms with van der Waals surface area (Å²) in [6, 6.07) is 8.40. The molecule has 1 nitrogen and oxygen atoms in total. The molecule has 0 atom stereocenters. The van der Waals surface area contributed by atoms with E-state index in [2.05, 4.69) is 29.4 Å². The molecule has 0 amide bonds. The molecule has 3 rings (SSSR count). The van der Waals surface area contributed by atoms with Crippen molar-refractivity contribution in [1.29, 1.82) is 0 Å². The Hall–Kier alpha value is -1.37. The van der Waals surface area contributed by atoms with Crippen LogP contribution in [0.5, 0.6) is 0 Å². The molecule has 1 heteroatoms. The molecule has 1 aromatic heterocycles. The smallest absolute Gasteiger partial charge is 0.0974 e. The van der Waals surface area contributed by atoms with E-state index in [-0.39, 0.29) is 0 Å². The van der Waals surface area contributed by atoms with Gasteiger partial charge in [0.15, 0.2) is 0 Å². The Morgan fingerprint density at radius 3 is 3.08 bits per heavy atom. The normalized spacial score (nSPS) is 14.8. The van der Waals surface area contributed by atoms with E-state index < -0.39 is 0 Å². The first kappa shape index (κ1) is 7.07. The molecule has 0 bridgehead atoms. The summed E-state index contributed by atoms with van der Waals surface area (Å²) in [4.78, 5) is 4.36. The number of pyridine rings is 1. The highest BCUT2D eigenvalue weighted by Crippen LogP contribution is 2.27. The number of hydrogen-bond donors (Lipinski definition) is 0. The quantitative estimate of drug-likeness (QED) is 0.589. The van der Waals surface area contributed by atoms with E-state index in [1.807, 2.05) is 6.07 Å². The Kier molecular flexibility index (Phi) is 1.39. The SMILES string of the molecule is [c]1nc2c(c3ccccc13)CCC2. The Labute approximate surface area is 77.4 Å². The zero-order valence-corrected chi connectivity index (χ0v) is 7.38. The molecule has 0 saturated heterocycles. The van der Waals surface area contributed by atoms with Gasteiger partial charge in [-0.3, -0.25) is 4.98 Å². The summed E-state index contributed by atoms with van der Waals surface area (Å²) in [5, 5.41) is 2.51. The van der Waals surface area contributed by atoms with E-state index in [0.29, 0.717) is 0 Å². The second-order valence-electron chi connectivity index (χ2n) is 3.55. The maximum atomic E-state index is 4.36. The van der Waals surface area contributed by atoms with Crippen LogP contribution >= 0.6 is 0 Å². The van der Waals surface area contributed by atoms with E-state index >= 15 is 0 Å². The molecule has 0 saturated carbocycles. The summed E-state index contributed by atoms with van der Waals surface area (Å²) in [6.07, 6.45) is 6.68. The molecule has 1 aliphatic rings. The minimum absolute atomic E-state index is 1.14. The summed E-state index contributed by atoms with van der Waals surface area (Å²) < 4.78 is 0. The molecular formula is C12H10N. The van der Waals surface area contributed by atoms with E-state index in [1.54, 1.807) is 0 Å². The number of nitrogens with zero attached hydrogens (tertiary/aromatic N) is 1. The Morgan fingerprint density at radius 1 is 1.15 bits per heavy atom. The summed E-state index contributed by atoms with van der Waals surface area (Å²) >= 11 is 0. The minimum atomic E-state index is 1.14. The fraction of sp³-hybridized carbons (Fsp3) is 0.250. The van der Waals surface area contributed by atoms with Gasteiger partial charge < -0.3 is 0 Å². The molecule has 63 valence electrons. The third kappa shape index (κ3) is 0.966. The lowest BCUT2D eigenvalue weighted by molar-refractivity contribution is 0.900. The number of benzene rings is 1. The number of rotatable bonds is 0. The predicted octanol–water partition coefficient (Wildman–Crippen LogP) is 2.52. The zero-order valence-electron chi connectivity index (χ0n) is 7.38. The molecule has 1 heterocycles. The van der Waals surface area contributed by atoms with E-state index in [9.17, 15) is 0 Å². The molecule has 1 radical (unpaired) electrons. The number of fused-ring (bicyclic) bond motifs is 3. The summed E-state index contributed by atoms with van der Waals surface area (Å²) in [5.74, 6) is 0. The fourth-order valence-electron chi connectivity index (χ4n) is 2.11. The van der Waals surface area contributed by atoms with Crippen molar-refractivity contribution >= 4 is 10.8 Å². The molecule has 2 aromatic rings. The van der Waals surface area contributed by atoms with Crippen LogP contribution in [0.25, 0.3) is 10.8 Å². The van der Waals surface area contributed by atoms with E-state index in [4.69, 9.17) is 0 Å². The zero-order chi connectivity index (χ0) is 8.67. The third-order valence-corrected chi connectivity index (χ3v) is 2.75. The molecular weight excluding hydrogens is 158 g/mol. The van der Waals surface area contributed by atoms with Crippen LogP contribution in [0, 0.1) is 6.20 Å². The average molecular weight is 168 g/mol. The second-order valence-corrected chi connectivity index (χ2v) is 3.55. The van der Waals surface area contributed by atoms with Crippen LogP contribution in [-0.4, -0.2) is 4.98 Å². The minimum Gasteiger partial charge on any atom is -0.250 e. The van der Waals surface area contributed by atoms with Crippen molar-refractivity contribution in [1.82, 2.24) is 4.98 Å². The largest absolute Gasteiger partial charge is 0.250 e. The maximum absolute atomic E-state index is 4.36. The lowest BCUT2D eigenvalue weighted by atomic mass is 10.1. The van der Waals surface area contributed by atoms with Crippen LogP contribution in [0.4, 0.5) is 0 Å². The predicted molar refractivity (Wildman–Crippen MR) is 52.6 cm³/mol. The van der Waals surface area contributed by atoms with Crippen molar-refractivity contribution in [3.05, 3.63) is 41.7 Å². The second kappa shape index (κ2) is 2.56. The molecule has 1 aromatic carbocycles. The molecule has 1 aliphatic carbocycles. The first-order valence-corrected chi connectivity index (χ1v) is 4.73. The Balaban J connectivity index is 2.43. The topological polar surface area (TPSA) is 12.9 Å². The molecule has 0 N–H and O–H groups in total. The lowest BCUT2D eigenvalue weighted by Crippen LogP contribution is -1.89. The van der Waals surface area contributed by atoms with Crippen molar-refractivity contribution in [2.24, 2.45) is 0 Å². The van der Waals surface area contributed by atoms with Crippen molar-refractivity contribution < 1.29 is 0 Å². The van der Waals surface area contributed by atoms with Gasteiger partial charge in [-0.2, -0.15) is 0 Å². The van der Waals surface area contributed by atoms with Crippen LogP contribution < -0.4 is 0 Å². The van der Waals surface area contributed by atoms with Crippen LogP contribution in [-0.2, 0) is 12.8 Å². The fourth-order valence-corrected chi connectivity index (χ4v) is 2.11. The van der Waals surface area contributed by atoms with Crippen molar-refractivity contribution in [2.75, 3.05) is 0 Å². The van der Waals surface area contributed by atoms with Crippen LogP contribution in [0.15, 0.2) is 24.3 Å². The van der Waals surface area contributed by atoms with Gasteiger partial charge in [0.05, 0.1) is 6.20 Å². The number of aryl methyl sites for hydroxylation is 2. The van der Waals surface area contributed by atoms with Gasteiger partial charge in [-0.15, -0.1) is 0 Å². The van der Waals surface area contributed by atoms with Gasteiger partial charge in [-0.25, -0.2) is 0 Å². The highest BCUT2D eigenvalue weighted by Gasteiger charge is 2.14. The first-order chi connectivity index (χ1) is 6.45. The van der Waals surface area contributed by atoms with Gasteiger partial charge >= 0.3 is 0 Å². The summed E-state index contributed by atoms with van der Waals surface area (Å²) in [5.41, 5.74) is 2.72. The van der Waals surface area contributed by atoms with Gasteiger partial charge in [0.1, 0.15) is 0 Å². The highest BCUT2D eigenvalue weighted by atomic mass is 14.7.